The molecule has 0 saturated carbocycles. The Labute approximate surface area is 157 Å². The molecule has 0 bridgehead atoms. The highest BCUT2D eigenvalue weighted by molar-refractivity contribution is 5.76. The fraction of sp³-hybridized carbons (Fsp3) is 0.435. The van der Waals surface area contributed by atoms with Gasteiger partial charge < -0.3 is 10.2 Å². The second kappa shape index (κ2) is 9.54. The highest BCUT2D eigenvalue weighted by Gasteiger charge is 2.19. The van der Waals surface area contributed by atoms with E-state index in [1.165, 1.54) is 30.4 Å². The Morgan fingerprint density at radius 2 is 1.69 bits per heavy atom. The summed E-state index contributed by atoms with van der Waals surface area (Å²) in [6.07, 6.45) is 4.25. The molecule has 3 nitrogen and oxygen atoms in total. The molecule has 1 N–H and O–H groups in total. The van der Waals surface area contributed by atoms with Crippen molar-refractivity contribution in [1.82, 2.24) is 10.2 Å². The summed E-state index contributed by atoms with van der Waals surface area (Å²) in [5.41, 5.74) is 3.85. The summed E-state index contributed by atoms with van der Waals surface area (Å²) in [5, 5.41) is 3.03. The van der Waals surface area contributed by atoms with Crippen LogP contribution < -0.4 is 5.32 Å². The first-order valence-corrected chi connectivity index (χ1v) is 9.77. The SMILES string of the molecule is Cc1ccc(CNC(=O)CCN2CCC(Cc3ccccc3)CC2)cc1. The Hall–Kier alpha value is -2.13. The smallest absolute Gasteiger partial charge is 0.221 e. The zero-order valence-corrected chi connectivity index (χ0v) is 15.8. The molecule has 2 aromatic rings. The van der Waals surface area contributed by atoms with E-state index in [0.717, 1.165) is 31.1 Å². The van der Waals surface area contributed by atoms with E-state index >= 15 is 0 Å². The van der Waals surface area contributed by atoms with Crippen LogP contribution in [0.3, 0.4) is 0 Å². The van der Waals surface area contributed by atoms with Crippen LogP contribution in [-0.4, -0.2) is 30.4 Å². The largest absolute Gasteiger partial charge is 0.352 e. The zero-order valence-electron chi connectivity index (χ0n) is 15.8. The molecule has 1 fully saturated rings. The van der Waals surface area contributed by atoms with Gasteiger partial charge in [0, 0.05) is 19.5 Å². The van der Waals surface area contributed by atoms with Crippen LogP contribution in [0.5, 0.6) is 0 Å². The molecule has 1 heterocycles. The molecule has 0 unspecified atom stereocenters. The lowest BCUT2D eigenvalue weighted by atomic mass is 9.90. The van der Waals surface area contributed by atoms with E-state index in [-0.39, 0.29) is 5.91 Å². The highest BCUT2D eigenvalue weighted by Crippen LogP contribution is 2.21. The summed E-state index contributed by atoms with van der Waals surface area (Å²) in [6, 6.07) is 19.1. The monoisotopic (exact) mass is 350 g/mol. The van der Waals surface area contributed by atoms with Crippen molar-refractivity contribution in [1.29, 1.82) is 0 Å². The third-order valence-corrected chi connectivity index (χ3v) is 5.34. The lowest BCUT2D eigenvalue weighted by molar-refractivity contribution is -0.121. The average Bonchev–Trinajstić information content (AvgIpc) is 2.68. The molecular weight excluding hydrogens is 320 g/mol. The summed E-state index contributed by atoms with van der Waals surface area (Å²) in [6.45, 7) is 5.80. The average molecular weight is 351 g/mol. The lowest BCUT2D eigenvalue weighted by Gasteiger charge is -2.31. The molecule has 138 valence electrons. The Bertz CT molecular complexity index is 673. The Balaban J connectivity index is 1.32. The maximum atomic E-state index is 12.1. The normalized spacial score (nSPS) is 15.7. The van der Waals surface area contributed by atoms with Gasteiger partial charge in [-0.15, -0.1) is 0 Å². The summed E-state index contributed by atoms with van der Waals surface area (Å²) in [4.78, 5) is 14.5. The van der Waals surface area contributed by atoms with Gasteiger partial charge in [-0.05, 0) is 56.3 Å². The topological polar surface area (TPSA) is 32.3 Å². The number of nitrogens with one attached hydrogen (secondary N) is 1. The van der Waals surface area contributed by atoms with Crippen molar-refractivity contribution in [3.63, 3.8) is 0 Å². The third-order valence-electron chi connectivity index (χ3n) is 5.34. The quantitative estimate of drug-likeness (QED) is 0.820. The van der Waals surface area contributed by atoms with Gasteiger partial charge in [-0.1, -0.05) is 60.2 Å². The Kier molecular flexibility index (Phi) is 6.84. The van der Waals surface area contributed by atoms with Crippen molar-refractivity contribution in [2.45, 2.75) is 39.2 Å². The maximum Gasteiger partial charge on any atom is 0.221 e. The first kappa shape index (κ1) is 18.7. The number of benzene rings is 2. The molecule has 0 aliphatic carbocycles. The molecule has 0 radical (unpaired) electrons. The molecular formula is C23H30N2O. The second-order valence-electron chi connectivity index (χ2n) is 7.49. The van der Waals surface area contributed by atoms with E-state index in [2.05, 4.69) is 71.7 Å². The Morgan fingerprint density at radius 1 is 1.00 bits per heavy atom. The van der Waals surface area contributed by atoms with Gasteiger partial charge in [-0.25, -0.2) is 0 Å². The van der Waals surface area contributed by atoms with Crippen molar-refractivity contribution >= 4 is 5.91 Å². The van der Waals surface area contributed by atoms with Crippen LogP contribution in [0, 0.1) is 12.8 Å². The number of hydrogen-bond donors (Lipinski definition) is 1. The third kappa shape index (κ3) is 5.99. The predicted octanol–water partition coefficient (Wildman–Crippen LogP) is 3.96. The van der Waals surface area contributed by atoms with Gasteiger partial charge in [0.2, 0.25) is 5.91 Å². The number of hydrogen-bond acceptors (Lipinski definition) is 2. The number of carbonyl (C=O) groups is 1. The van der Waals surface area contributed by atoms with Crippen LogP contribution >= 0.6 is 0 Å². The lowest BCUT2D eigenvalue weighted by Crippen LogP contribution is -2.37. The van der Waals surface area contributed by atoms with Crippen LogP contribution in [0.15, 0.2) is 54.6 Å². The van der Waals surface area contributed by atoms with Crippen LogP contribution in [0.4, 0.5) is 0 Å². The van der Waals surface area contributed by atoms with Gasteiger partial charge in [0.15, 0.2) is 0 Å². The fourth-order valence-electron chi connectivity index (χ4n) is 3.62. The van der Waals surface area contributed by atoms with Crippen molar-refractivity contribution < 1.29 is 4.79 Å². The molecule has 3 rings (SSSR count). The number of carbonyl (C=O) groups excluding carboxylic acids is 1. The van der Waals surface area contributed by atoms with Gasteiger partial charge in [0.05, 0.1) is 0 Å². The minimum absolute atomic E-state index is 0.150. The minimum atomic E-state index is 0.150. The number of nitrogens with zero attached hydrogens (tertiary/aromatic N) is 1. The molecule has 26 heavy (non-hydrogen) atoms. The van der Waals surface area contributed by atoms with Gasteiger partial charge in [-0.2, -0.15) is 0 Å². The molecule has 2 aromatic carbocycles. The minimum Gasteiger partial charge on any atom is -0.352 e. The van der Waals surface area contributed by atoms with Crippen molar-refractivity contribution in [3.8, 4) is 0 Å². The molecule has 3 heteroatoms. The van der Waals surface area contributed by atoms with E-state index in [1.807, 2.05) is 0 Å². The summed E-state index contributed by atoms with van der Waals surface area (Å²) < 4.78 is 0. The van der Waals surface area contributed by atoms with Crippen molar-refractivity contribution in [2.75, 3.05) is 19.6 Å². The fourth-order valence-corrected chi connectivity index (χ4v) is 3.62. The van der Waals surface area contributed by atoms with E-state index in [0.29, 0.717) is 13.0 Å². The van der Waals surface area contributed by atoms with Crippen LogP contribution in [0.2, 0.25) is 0 Å². The van der Waals surface area contributed by atoms with Gasteiger partial charge in [-0.3, -0.25) is 4.79 Å². The number of rotatable bonds is 7. The molecule has 0 atom stereocenters. The van der Waals surface area contributed by atoms with Gasteiger partial charge in [0.25, 0.3) is 0 Å². The van der Waals surface area contributed by atoms with Gasteiger partial charge >= 0.3 is 0 Å². The van der Waals surface area contributed by atoms with Crippen molar-refractivity contribution in [2.24, 2.45) is 5.92 Å². The molecule has 0 aromatic heterocycles. The second-order valence-corrected chi connectivity index (χ2v) is 7.49. The van der Waals surface area contributed by atoms with Crippen LogP contribution in [0.25, 0.3) is 0 Å². The summed E-state index contributed by atoms with van der Waals surface area (Å²) in [7, 11) is 0. The first-order valence-electron chi connectivity index (χ1n) is 9.77. The van der Waals surface area contributed by atoms with E-state index in [9.17, 15) is 4.79 Å². The van der Waals surface area contributed by atoms with E-state index < -0.39 is 0 Å². The number of aryl methyl sites for hydroxylation is 1. The first-order chi connectivity index (χ1) is 12.7. The molecule has 1 aliphatic rings. The number of likely N-dealkylation sites (tertiary alicyclic amines) is 1. The standard InChI is InChI=1S/C23H30N2O/c1-19-7-9-22(10-8-19)18-24-23(26)13-16-25-14-11-21(12-15-25)17-20-5-3-2-4-6-20/h2-10,21H,11-18H2,1H3,(H,24,26). The molecule has 0 spiro atoms. The van der Waals surface area contributed by atoms with Crippen LogP contribution in [0.1, 0.15) is 36.0 Å². The van der Waals surface area contributed by atoms with Crippen molar-refractivity contribution in [3.05, 3.63) is 71.3 Å². The number of amides is 1. The van der Waals surface area contributed by atoms with Gasteiger partial charge in [0.1, 0.15) is 0 Å². The Morgan fingerprint density at radius 3 is 2.38 bits per heavy atom. The van der Waals surface area contributed by atoms with E-state index in [4.69, 9.17) is 0 Å². The zero-order chi connectivity index (χ0) is 18.2. The summed E-state index contributed by atoms with van der Waals surface area (Å²) >= 11 is 0. The molecule has 1 aliphatic heterocycles. The highest BCUT2D eigenvalue weighted by atomic mass is 16.1. The molecule has 1 amide bonds. The van der Waals surface area contributed by atoms with E-state index in [1.54, 1.807) is 0 Å². The predicted molar refractivity (Wildman–Crippen MR) is 107 cm³/mol. The number of piperidine rings is 1. The maximum absolute atomic E-state index is 12.1. The molecule has 1 saturated heterocycles. The summed E-state index contributed by atoms with van der Waals surface area (Å²) in [5.74, 6) is 0.931. The van der Waals surface area contributed by atoms with Crippen LogP contribution in [-0.2, 0) is 17.8 Å².